The second kappa shape index (κ2) is 4.19. The van der Waals surface area contributed by atoms with Crippen molar-refractivity contribution in [2.24, 2.45) is 0 Å². The van der Waals surface area contributed by atoms with Crippen LogP contribution in [0, 0.1) is 10.4 Å². The predicted octanol–water partition coefficient (Wildman–Crippen LogP) is 0.932. The molecule has 0 amide bonds. The first kappa shape index (κ1) is 10.8. The Morgan fingerprint density at radius 3 is 1.89 bits per heavy atom. The Labute approximate surface area is 102 Å². The lowest BCUT2D eigenvalue weighted by Gasteiger charge is -2.24. The fourth-order valence-corrected chi connectivity index (χ4v) is 1.71. The number of hydrogen-bond donors (Lipinski definition) is 1. The molecule has 6 nitrogen and oxygen atoms in total. The number of quaternary nitrogens is 1. The van der Waals surface area contributed by atoms with Gasteiger partial charge in [0.25, 0.3) is 0 Å². The van der Waals surface area contributed by atoms with E-state index in [9.17, 15) is 10.4 Å². The number of aromatic nitrogens is 3. The third-order valence-electron chi connectivity index (χ3n) is 2.62. The Bertz CT molecular complexity index is 643. The summed E-state index contributed by atoms with van der Waals surface area (Å²) < 4.78 is 0. The molecular weight excluding hydrogens is 232 g/mol. The van der Waals surface area contributed by atoms with E-state index in [2.05, 4.69) is 10.2 Å². The van der Waals surface area contributed by atoms with Gasteiger partial charge in [0.05, 0.1) is 5.69 Å². The Morgan fingerprint density at radius 1 is 0.833 bits per heavy atom. The highest BCUT2D eigenvalue weighted by molar-refractivity contribution is 5.73. The molecule has 0 saturated carbocycles. The molecule has 0 unspecified atom stereocenters. The average molecular weight is 241 g/mol. The van der Waals surface area contributed by atoms with Crippen molar-refractivity contribution in [2.75, 3.05) is 0 Å². The molecule has 0 aliphatic carbocycles. The summed E-state index contributed by atoms with van der Waals surface area (Å²) in [5.41, 5.74) is 2.43. The maximum absolute atomic E-state index is 10.6. The molecule has 0 bridgehead atoms. The van der Waals surface area contributed by atoms with Crippen LogP contribution in [0.3, 0.4) is 0 Å². The second-order valence-electron chi connectivity index (χ2n) is 3.81. The molecule has 0 aliphatic heterocycles. The van der Waals surface area contributed by atoms with Crippen molar-refractivity contribution in [3.63, 3.8) is 0 Å². The lowest BCUT2D eigenvalue weighted by Crippen LogP contribution is -2.96. The Morgan fingerprint density at radius 2 is 1.39 bits per heavy atom. The zero-order valence-electron chi connectivity index (χ0n) is 9.28. The zero-order chi connectivity index (χ0) is 12.5. The van der Waals surface area contributed by atoms with Crippen LogP contribution in [0.4, 0.5) is 5.69 Å². The third kappa shape index (κ3) is 1.84. The van der Waals surface area contributed by atoms with Crippen LogP contribution in [0.5, 0.6) is 0 Å². The highest BCUT2D eigenvalue weighted by atomic mass is 16.8. The zero-order valence-corrected chi connectivity index (χ0v) is 9.28. The summed E-state index contributed by atoms with van der Waals surface area (Å²) in [6.07, 6.45) is 0. The van der Waals surface area contributed by atoms with E-state index < -0.39 is 5.23 Å². The van der Waals surface area contributed by atoms with Crippen molar-refractivity contribution in [3.05, 3.63) is 58.9 Å². The molecule has 0 aliphatic rings. The monoisotopic (exact) mass is 241 g/mol. The van der Waals surface area contributed by atoms with E-state index in [-0.39, 0.29) is 5.69 Å². The summed E-state index contributed by atoms with van der Waals surface area (Å²) in [4.78, 5) is 1.48. The molecular formula is C12H9N4O2-. The van der Waals surface area contributed by atoms with Gasteiger partial charge in [0.1, 0.15) is 16.7 Å². The Hall–Kier alpha value is -2.28. The van der Waals surface area contributed by atoms with Gasteiger partial charge in [0.2, 0.25) is 0 Å². The molecule has 2 aromatic carbocycles. The van der Waals surface area contributed by atoms with Gasteiger partial charge in [-0.05, 0) is 24.3 Å². The molecule has 0 radical (unpaired) electrons. The van der Waals surface area contributed by atoms with Gasteiger partial charge in [0.15, 0.2) is 0 Å². The first-order chi connectivity index (χ1) is 8.74. The minimum absolute atomic E-state index is 0.135. The highest BCUT2D eigenvalue weighted by Gasteiger charge is 2.04. The minimum Gasteiger partial charge on any atom is -0.628 e. The molecule has 90 valence electrons. The second-order valence-corrected chi connectivity index (χ2v) is 3.81. The van der Waals surface area contributed by atoms with Crippen LogP contribution < -0.4 is 5.23 Å². The van der Waals surface area contributed by atoms with Gasteiger partial charge in [-0.1, -0.05) is 12.1 Å². The quantitative estimate of drug-likeness (QED) is 0.677. The van der Waals surface area contributed by atoms with Gasteiger partial charge in [-0.15, -0.1) is 10.2 Å². The maximum atomic E-state index is 10.6. The lowest BCUT2D eigenvalue weighted by atomic mass is 10.3. The van der Waals surface area contributed by atoms with E-state index in [1.165, 1.54) is 16.9 Å². The van der Waals surface area contributed by atoms with Gasteiger partial charge < -0.3 is 15.6 Å². The summed E-state index contributed by atoms with van der Waals surface area (Å²) in [5.74, 6) is 0. The van der Waals surface area contributed by atoms with Gasteiger partial charge >= 0.3 is 0 Å². The highest BCUT2D eigenvalue weighted by Crippen LogP contribution is 2.13. The lowest BCUT2D eigenvalue weighted by molar-refractivity contribution is -0.715. The smallest absolute Gasteiger partial charge is 0.131 e. The van der Waals surface area contributed by atoms with E-state index in [4.69, 9.17) is 0 Å². The van der Waals surface area contributed by atoms with Gasteiger partial charge in [-0.2, -0.15) is 4.80 Å². The van der Waals surface area contributed by atoms with E-state index in [0.29, 0.717) is 5.69 Å². The Kier molecular flexibility index (Phi) is 2.52. The molecule has 3 aromatic rings. The molecule has 18 heavy (non-hydrogen) atoms. The number of fused-ring (bicyclic) bond motifs is 1. The van der Waals surface area contributed by atoms with Crippen molar-refractivity contribution >= 4 is 16.7 Å². The van der Waals surface area contributed by atoms with Crippen molar-refractivity contribution in [2.45, 2.75) is 0 Å². The van der Waals surface area contributed by atoms with Crippen molar-refractivity contribution < 1.29 is 5.23 Å². The summed E-state index contributed by atoms with van der Waals surface area (Å²) in [7, 11) is 0. The number of hydrogen-bond acceptors (Lipinski definition) is 4. The molecule has 0 fully saturated rings. The molecule has 1 N–H and O–H groups in total. The SMILES string of the molecule is [O-][NH+]([O-])c1ccc(-n2nc3ccccc3n2)cc1. The fraction of sp³-hybridized carbons (Fsp3) is 0. The van der Waals surface area contributed by atoms with Crippen LogP contribution in [-0.4, -0.2) is 15.0 Å². The molecule has 0 spiro atoms. The van der Waals surface area contributed by atoms with Crippen molar-refractivity contribution in [3.8, 4) is 5.69 Å². The summed E-state index contributed by atoms with van der Waals surface area (Å²) in [6.45, 7) is 0. The van der Waals surface area contributed by atoms with Crippen molar-refractivity contribution in [1.29, 1.82) is 0 Å². The van der Waals surface area contributed by atoms with Gasteiger partial charge in [-0.25, -0.2) is 0 Å². The standard InChI is InChI=1S/C12H9N4O2/c17-16(18)10-7-5-9(6-8-10)15-13-11-3-1-2-4-12(11)14-15/h1-8,16H/q-1. The maximum Gasteiger partial charge on any atom is 0.131 e. The molecule has 6 heteroatoms. The predicted molar refractivity (Wildman–Crippen MR) is 66.2 cm³/mol. The molecule has 1 aromatic heterocycles. The Balaban J connectivity index is 2.03. The van der Waals surface area contributed by atoms with E-state index >= 15 is 0 Å². The van der Waals surface area contributed by atoms with Crippen LogP contribution in [0.25, 0.3) is 16.7 Å². The number of rotatable bonds is 2. The van der Waals surface area contributed by atoms with E-state index in [1.807, 2.05) is 24.3 Å². The van der Waals surface area contributed by atoms with Crippen LogP contribution in [-0.2, 0) is 0 Å². The van der Waals surface area contributed by atoms with Gasteiger partial charge in [0, 0.05) is 12.1 Å². The normalized spacial score (nSPS) is 11.3. The molecule has 1 heterocycles. The van der Waals surface area contributed by atoms with Crippen molar-refractivity contribution in [1.82, 2.24) is 15.0 Å². The minimum atomic E-state index is -1.19. The van der Waals surface area contributed by atoms with Crippen LogP contribution >= 0.6 is 0 Å². The van der Waals surface area contributed by atoms with Gasteiger partial charge in [-0.3, -0.25) is 0 Å². The average Bonchev–Trinajstić information content (AvgIpc) is 2.82. The summed E-state index contributed by atoms with van der Waals surface area (Å²) in [6, 6.07) is 13.7. The topological polar surface area (TPSA) is 81.3 Å². The molecule has 0 saturated heterocycles. The van der Waals surface area contributed by atoms with Crippen LogP contribution in [0.15, 0.2) is 48.5 Å². The van der Waals surface area contributed by atoms with Crippen LogP contribution in [0.1, 0.15) is 0 Å². The van der Waals surface area contributed by atoms with Crippen LogP contribution in [0.2, 0.25) is 0 Å². The largest absolute Gasteiger partial charge is 0.628 e. The first-order valence-electron chi connectivity index (χ1n) is 5.38. The number of benzene rings is 2. The molecule has 0 atom stereocenters. The summed E-state index contributed by atoms with van der Waals surface area (Å²) >= 11 is 0. The fourth-order valence-electron chi connectivity index (χ4n) is 1.71. The van der Waals surface area contributed by atoms with E-state index in [0.717, 1.165) is 11.0 Å². The van der Waals surface area contributed by atoms with E-state index in [1.54, 1.807) is 12.1 Å². The first-order valence-corrected chi connectivity index (χ1v) is 5.38. The third-order valence-corrected chi connectivity index (χ3v) is 2.62. The number of nitrogens with one attached hydrogen (secondary N) is 1. The summed E-state index contributed by atoms with van der Waals surface area (Å²) in [5, 5.41) is 28.7. The number of nitrogens with zero attached hydrogens (tertiary/aromatic N) is 3. The molecule has 3 rings (SSSR count).